The SMILES string of the molecule is CC(=O)OC(C)[SiH2][SiH2]O[SiH2]O[SiH3]. The van der Waals surface area contributed by atoms with Gasteiger partial charge in [0.25, 0.3) is 10.0 Å². The van der Waals surface area contributed by atoms with Crippen LogP contribution in [0.3, 0.4) is 0 Å². The Hall–Kier alpha value is 0.258. The Morgan fingerprint density at radius 1 is 1.58 bits per heavy atom. The number of carbonyl (C=O) groups is 1. The highest BCUT2D eigenvalue weighted by Gasteiger charge is 2.05. The molecule has 1 atom stereocenters. The van der Waals surface area contributed by atoms with Crippen molar-refractivity contribution in [1.82, 2.24) is 0 Å². The third kappa shape index (κ3) is 8.36. The summed E-state index contributed by atoms with van der Waals surface area (Å²) in [6, 6.07) is 0. The van der Waals surface area contributed by atoms with E-state index in [-0.39, 0.29) is 30.0 Å². The van der Waals surface area contributed by atoms with Crippen molar-refractivity contribution in [2.45, 2.75) is 19.6 Å². The number of esters is 1. The topological polar surface area (TPSA) is 44.8 Å². The molecule has 0 N–H and O–H groups in total. The molecule has 0 saturated carbocycles. The Balaban J connectivity index is 3.19. The maximum atomic E-state index is 10.5. The second-order valence-corrected chi connectivity index (χ2v) is 11.8. The molecule has 0 aliphatic rings. The fourth-order valence-electron chi connectivity index (χ4n) is 0.734. The van der Waals surface area contributed by atoms with Gasteiger partial charge in [-0.25, -0.2) is 0 Å². The van der Waals surface area contributed by atoms with Crippen LogP contribution >= 0.6 is 0 Å². The summed E-state index contributed by atoms with van der Waals surface area (Å²) in [5, 5.41) is 0. The van der Waals surface area contributed by atoms with Gasteiger partial charge in [0.15, 0.2) is 0 Å². The predicted octanol–water partition coefficient (Wildman–Crippen LogP) is -3.62. The van der Waals surface area contributed by atoms with Gasteiger partial charge in [-0.05, 0) is 6.92 Å². The van der Waals surface area contributed by atoms with Gasteiger partial charge < -0.3 is 13.0 Å². The molecule has 0 amide bonds. The van der Waals surface area contributed by atoms with Crippen molar-refractivity contribution in [1.29, 1.82) is 0 Å². The molecule has 0 aromatic rings. The van der Waals surface area contributed by atoms with Crippen molar-refractivity contribution in [3.8, 4) is 0 Å². The third-order valence-corrected chi connectivity index (χ3v) is 11.0. The second-order valence-electron chi connectivity index (χ2n) is 2.52. The first kappa shape index (κ1) is 12.3. The average molecular weight is 241 g/mol. The monoisotopic (exact) mass is 240 g/mol. The molecule has 0 radical (unpaired) electrons. The van der Waals surface area contributed by atoms with Crippen molar-refractivity contribution in [2.24, 2.45) is 0 Å². The maximum absolute atomic E-state index is 10.5. The zero-order valence-electron chi connectivity index (χ0n) is 7.83. The maximum Gasteiger partial charge on any atom is 0.302 e. The molecular weight excluding hydrogens is 224 g/mol. The quantitative estimate of drug-likeness (QED) is 0.273. The first-order valence-electron chi connectivity index (χ1n) is 3.90. The molecule has 0 spiro atoms. The van der Waals surface area contributed by atoms with E-state index in [2.05, 4.69) is 0 Å². The van der Waals surface area contributed by atoms with Crippen LogP contribution in [0.5, 0.6) is 0 Å². The van der Waals surface area contributed by atoms with E-state index in [9.17, 15) is 4.79 Å². The summed E-state index contributed by atoms with van der Waals surface area (Å²) in [6.07, 6.45) is 0. The predicted molar refractivity (Wildman–Crippen MR) is 59.0 cm³/mol. The Morgan fingerprint density at radius 2 is 2.25 bits per heavy atom. The first-order chi connectivity index (χ1) is 5.66. The molecule has 0 aliphatic carbocycles. The van der Waals surface area contributed by atoms with Crippen molar-refractivity contribution >= 4 is 44.8 Å². The van der Waals surface area contributed by atoms with Crippen LogP contribution in [0, 0.1) is 0 Å². The summed E-state index contributed by atoms with van der Waals surface area (Å²) in [6.45, 7) is 3.40. The Morgan fingerprint density at radius 3 is 2.75 bits per heavy atom. The molecule has 1 unspecified atom stereocenters. The molecule has 0 aromatic carbocycles. The molecule has 4 nitrogen and oxygen atoms in total. The van der Waals surface area contributed by atoms with E-state index in [1.54, 1.807) is 0 Å². The standard InChI is InChI=1S/C4H16O4Si4/c1-3(5)6-4(2)10-12-8-11-7-9/h4H,10-12H2,1-2,9H3. The van der Waals surface area contributed by atoms with Crippen LogP contribution in [-0.2, 0) is 17.8 Å². The van der Waals surface area contributed by atoms with Crippen molar-refractivity contribution in [3.63, 3.8) is 0 Å². The molecule has 8 heteroatoms. The molecule has 0 heterocycles. The fraction of sp³-hybridized carbons (Fsp3) is 0.750. The van der Waals surface area contributed by atoms with Crippen molar-refractivity contribution in [3.05, 3.63) is 0 Å². The van der Waals surface area contributed by atoms with E-state index in [0.29, 0.717) is 0 Å². The van der Waals surface area contributed by atoms with Crippen LogP contribution < -0.4 is 0 Å². The van der Waals surface area contributed by atoms with Crippen molar-refractivity contribution < 1.29 is 17.8 Å². The lowest BCUT2D eigenvalue weighted by Crippen LogP contribution is -2.27. The van der Waals surface area contributed by atoms with Crippen LogP contribution in [0.25, 0.3) is 0 Å². The Labute approximate surface area is 82.5 Å². The van der Waals surface area contributed by atoms with Gasteiger partial charge in [-0.15, -0.1) is 0 Å². The van der Waals surface area contributed by atoms with Crippen LogP contribution in [0.4, 0.5) is 0 Å². The smallest absolute Gasteiger partial charge is 0.302 e. The summed E-state index contributed by atoms with van der Waals surface area (Å²) in [4.78, 5) is 10.5. The number of carbonyl (C=O) groups excluding carboxylic acids is 1. The summed E-state index contributed by atoms with van der Waals surface area (Å²) in [7, 11) is -0.495. The van der Waals surface area contributed by atoms with E-state index >= 15 is 0 Å². The van der Waals surface area contributed by atoms with E-state index in [0.717, 1.165) is 10.5 Å². The van der Waals surface area contributed by atoms with Gasteiger partial charge in [0.2, 0.25) is 0 Å². The van der Waals surface area contributed by atoms with Gasteiger partial charge in [0.1, 0.15) is 19.8 Å². The zero-order valence-corrected chi connectivity index (χ0v) is 14.1. The van der Waals surface area contributed by atoms with Gasteiger partial charge in [-0.2, -0.15) is 0 Å². The minimum Gasteiger partial charge on any atom is -0.468 e. The summed E-state index contributed by atoms with van der Waals surface area (Å²) in [5.74, 6) is -0.180. The van der Waals surface area contributed by atoms with Gasteiger partial charge >= 0.3 is 5.97 Å². The largest absolute Gasteiger partial charge is 0.468 e. The molecule has 0 rings (SSSR count). The molecular formula is C4H16O4Si4. The van der Waals surface area contributed by atoms with Gasteiger partial charge in [0.05, 0.1) is 14.8 Å². The average Bonchev–Trinajstić information content (AvgIpc) is 1.97. The highest BCUT2D eigenvalue weighted by atomic mass is 29.2. The van der Waals surface area contributed by atoms with Crippen LogP contribution in [0.1, 0.15) is 13.8 Å². The minimum atomic E-state index is -0.631. The molecule has 0 bridgehead atoms. The number of ether oxygens (including phenoxy) is 1. The highest BCUT2D eigenvalue weighted by Crippen LogP contribution is 1.87. The first-order valence-corrected chi connectivity index (χ1v) is 11.3. The van der Waals surface area contributed by atoms with Gasteiger partial charge in [0, 0.05) is 6.92 Å². The molecule has 0 aliphatic heterocycles. The lowest BCUT2D eigenvalue weighted by atomic mass is 10.8. The molecule has 0 aromatic heterocycles. The minimum absolute atomic E-state index is 0.150. The number of rotatable bonds is 6. The van der Waals surface area contributed by atoms with E-state index in [1.165, 1.54) is 6.92 Å². The van der Waals surface area contributed by atoms with Crippen molar-refractivity contribution in [2.75, 3.05) is 0 Å². The number of hydrogen-bond acceptors (Lipinski definition) is 4. The van der Waals surface area contributed by atoms with E-state index < -0.39 is 10.0 Å². The summed E-state index contributed by atoms with van der Waals surface area (Å²) >= 11 is 0. The van der Waals surface area contributed by atoms with E-state index in [1.807, 2.05) is 6.92 Å². The fourth-order valence-corrected chi connectivity index (χ4v) is 8.63. The van der Waals surface area contributed by atoms with Crippen LogP contribution in [-0.4, -0.2) is 50.5 Å². The molecule has 72 valence electrons. The normalized spacial score (nSPS) is 15.8. The highest BCUT2D eigenvalue weighted by molar-refractivity contribution is 6.99. The molecule has 12 heavy (non-hydrogen) atoms. The zero-order chi connectivity index (χ0) is 9.40. The molecule has 0 fully saturated rings. The van der Waals surface area contributed by atoms with Gasteiger partial charge in [-0.3, -0.25) is 4.79 Å². The Bertz CT molecular complexity index is 132. The summed E-state index contributed by atoms with van der Waals surface area (Å²) in [5.41, 5.74) is 0.150. The summed E-state index contributed by atoms with van der Waals surface area (Å²) < 4.78 is 15.4. The van der Waals surface area contributed by atoms with Crippen LogP contribution in [0.2, 0.25) is 0 Å². The lowest BCUT2D eigenvalue weighted by molar-refractivity contribution is -0.142. The van der Waals surface area contributed by atoms with E-state index in [4.69, 9.17) is 13.0 Å². The second kappa shape index (κ2) is 7.88. The lowest BCUT2D eigenvalue weighted by Gasteiger charge is -2.10. The third-order valence-electron chi connectivity index (χ3n) is 1.24. The van der Waals surface area contributed by atoms with Crippen LogP contribution in [0.15, 0.2) is 0 Å². The number of hydrogen-bond donors (Lipinski definition) is 0. The Kier molecular flexibility index (Phi) is 8.05. The molecule has 0 saturated heterocycles. The van der Waals surface area contributed by atoms with Gasteiger partial charge in [-0.1, -0.05) is 0 Å².